The van der Waals surface area contributed by atoms with Crippen molar-refractivity contribution in [1.29, 1.82) is 0 Å². The number of hydrogen-bond acceptors (Lipinski definition) is 3. The third-order valence-corrected chi connectivity index (χ3v) is 8.16. The second-order valence-corrected chi connectivity index (χ2v) is 10.9. The first-order valence-electron chi connectivity index (χ1n) is 14.0. The van der Waals surface area contributed by atoms with E-state index in [0.717, 1.165) is 33.3 Å². The maximum atomic E-state index is 5.08. The van der Waals surface area contributed by atoms with Gasteiger partial charge < -0.3 is 0 Å². The molecular weight excluding hydrogens is 500 g/mol. The maximum Gasteiger partial charge on any atom is 0.238 e. The summed E-state index contributed by atoms with van der Waals surface area (Å²) in [5, 5.41) is 1.13. The molecule has 41 heavy (non-hydrogen) atoms. The van der Waals surface area contributed by atoms with Gasteiger partial charge in [0.2, 0.25) is 5.95 Å². The topological polar surface area (TPSA) is 43.6 Å². The number of nitrogens with zero attached hydrogens (tertiary/aromatic N) is 4. The van der Waals surface area contributed by atoms with Crippen molar-refractivity contribution in [2.45, 2.75) is 26.2 Å². The van der Waals surface area contributed by atoms with Gasteiger partial charge in [0.1, 0.15) is 0 Å². The average molecular weight is 531 g/mol. The highest BCUT2D eigenvalue weighted by Gasteiger charge is 2.36. The van der Waals surface area contributed by atoms with Gasteiger partial charge in [0.15, 0.2) is 11.6 Å². The molecule has 6 aromatic rings. The van der Waals surface area contributed by atoms with Crippen LogP contribution in [0.2, 0.25) is 0 Å². The van der Waals surface area contributed by atoms with E-state index in [-0.39, 0.29) is 5.41 Å². The number of fused-ring (bicyclic) bond motifs is 4. The smallest absolute Gasteiger partial charge is 0.238 e. The van der Waals surface area contributed by atoms with E-state index in [4.69, 9.17) is 15.0 Å². The van der Waals surface area contributed by atoms with E-state index in [2.05, 4.69) is 73.5 Å². The lowest BCUT2D eigenvalue weighted by atomic mass is 9.82. The van der Waals surface area contributed by atoms with Gasteiger partial charge in [-0.2, -0.15) is 9.97 Å². The molecule has 0 fully saturated rings. The molecule has 198 valence electrons. The minimum Gasteiger partial charge on any atom is -0.278 e. The molecule has 0 bridgehead atoms. The molecule has 0 aliphatic heterocycles. The van der Waals surface area contributed by atoms with Crippen LogP contribution in [-0.2, 0) is 5.41 Å². The van der Waals surface area contributed by atoms with E-state index in [1.165, 1.54) is 22.3 Å². The molecule has 0 spiro atoms. The Hall–Kier alpha value is -5.09. The minimum absolute atomic E-state index is 0.131. The van der Waals surface area contributed by atoms with E-state index in [9.17, 15) is 0 Å². The van der Waals surface area contributed by atoms with Crippen LogP contribution < -0.4 is 0 Å². The summed E-state index contributed by atoms with van der Waals surface area (Å²) in [6, 6.07) is 33.6. The van der Waals surface area contributed by atoms with Gasteiger partial charge in [-0.05, 0) is 47.4 Å². The molecule has 0 amide bonds. The van der Waals surface area contributed by atoms with Crippen LogP contribution in [0.4, 0.5) is 0 Å². The lowest BCUT2D eigenvalue weighted by Gasteiger charge is -2.21. The van der Waals surface area contributed by atoms with E-state index in [1.807, 2.05) is 73.7 Å². The Labute approximate surface area is 240 Å². The molecule has 4 heteroatoms. The summed E-state index contributed by atoms with van der Waals surface area (Å²) in [5.74, 6) is 1.85. The number of allylic oxidation sites excluding steroid dienone is 1. The SMILES string of the molecule is C=Cc1c(/C=C\C)n(-c2nc(-c3ccccc3)nc(-c3ccccc3)n2)c2cc3c(cc12)-c1ccccc1C3(C)C. The fraction of sp³-hybridized carbons (Fsp3) is 0.108. The standard InChI is InChI=1S/C37H30N4/c1-5-15-32-26(6-2)29-22-28-27-20-13-14-21-30(27)37(3,4)31(28)23-33(29)41(32)36-39-34(24-16-9-7-10-17-24)38-35(40-36)25-18-11-8-12-19-25/h5-23H,2H2,1,3-4H3/b15-5-. The van der Waals surface area contributed by atoms with E-state index < -0.39 is 0 Å². The number of rotatable bonds is 5. The molecule has 2 aromatic heterocycles. The highest BCUT2D eigenvalue weighted by Crippen LogP contribution is 2.50. The third-order valence-electron chi connectivity index (χ3n) is 8.16. The monoisotopic (exact) mass is 530 g/mol. The van der Waals surface area contributed by atoms with E-state index in [0.29, 0.717) is 17.6 Å². The molecule has 0 saturated heterocycles. The second kappa shape index (κ2) is 9.53. The zero-order valence-corrected chi connectivity index (χ0v) is 23.5. The van der Waals surface area contributed by atoms with Gasteiger partial charge in [-0.25, -0.2) is 4.98 Å². The van der Waals surface area contributed by atoms with Crippen molar-refractivity contribution in [3.8, 4) is 39.9 Å². The Morgan fingerprint density at radius 3 is 1.93 bits per heavy atom. The first-order chi connectivity index (χ1) is 20.0. The molecule has 0 atom stereocenters. The van der Waals surface area contributed by atoms with Crippen molar-refractivity contribution in [2.75, 3.05) is 0 Å². The van der Waals surface area contributed by atoms with Gasteiger partial charge in [-0.15, -0.1) is 0 Å². The van der Waals surface area contributed by atoms with Crippen LogP contribution in [0.1, 0.15) is 43.2 Å². The Morgan fingerprint density at radius 1 is 0.707 bits per heavy atom. The molecular formula is C37H30N4. The molecule has 7 rings (SSSR count). The maximum absolute atomic E-state index is 5.08. The van der Waals surface area contributed by atoms with Crippen molar-refractivity contribution in [3.05, 3.63) is 132 Å². The molecule has 4 aromatic carbocycles. The van der Waals surface area contributed by atoms with Crippen molar-refractivity contribution >= 4 is 23.1 Å². The first-order valence-corrected chi connectivity index (χ1v) is 14.0. The molecule has 4 nitrogen and oxygen atoms in total. The van der Waals surface area contributed by atoms with Gasteiger partial charge in [0, 0.05) is 27.5 Å². The largest absolute Gasteiger partial charge is 0.278 e. The lowest BCUT2D eigenvalue weighted by molar-refractivity contribution is 0.661. The molecule has 0 unspecified atom stereocenters. The van der Waals surface area contributed by atoms with Crippen LogP contribution in [0.25, 0.3) is 62.9 Å². The van der Waals surface area contributed by atoms with Crippen LogP contribution in [0.5, 0.6) is 0 Å². The Balaban J connectivity index is 1.57. The quantitative estimate of drug-likeness (QED) is 0.223. The average Bonchev–Trinajstić information content (AvgIpc) is 3.44. The van der Waals surface area contributed by atoms with Gasteiger partial charge in [0.05, 0.1) is 11.2 Å². The molecule has 1 aliphatic carbocycles. The molecule has 0 N–H and O–H groups in total. The van der Waals surface area contributed by atoms with Gasteiger partial charge in [0.25, 0.3) is 0 Å². The van der Waals surface area contributed by atoms with E-state index >= 15 is 0 Å². The summed E-state index contributed by atoms with van der Waals surface area (Å²) in [4.78, 5) is 15.1. The number of aromatic nitrogens is 4. The van der Waals surface area contributed by atoms with Crippen LogP contribution in [-0.4, -0.2) is 19.5 Å². The summed E-state index contributed by atoms with van der Waals surface area (Å²) in [7, 11) is 0. The van der Waals surface area contributed by atoms with Gasteiger partial charge in [-0.1, -0.05) is 118 Å². The molecule has 0 saturated carbocycles. The Morgan fingerprint density at radius 2 is 1.32 bits per heavy atom. The van der Waals surface area contributed by atoms with Crippen LogP contribution in [0.15, 0.2) is 110 Å². The van der Waals surface area contributed by atoms with Crippen molar-refractivity contribution < 1.29 is 0 Å². The van der Waals surface area contributed by atoms with Gasteiger partial charge >= 0.3 is 0 Å². The molecule has 1 aliphatic rings. The van der Waals surface area contributed by atoms with Crippen molar-refractivity contribution in [1.82, 2.24) is 19.5 Å². The summed E-state index contributed by atoms with van der Waals surface area (Å²) >= 11 is 0. The Kier molecular flexibility index (Phi) is 5.79. The second-order valence-electron chi connectivity index (χ2n) is 10.9. The summed E-state index contributed by atoms with van der Waals surface area (Å²) in [6.07, 6.45) is 6.13. The summed E-state index contributed by atoms with van der Waals surface area (Å²) in [6.45, 7) is 10.9. The van der Waals surface area contributed by atoms with Crippen LogP contribution in [0.3, 0.4) is 0 Å². The fourth-order valence-corrected chi connectivity index (χ4v) is 6.17. The number of benzene rings is 4. The molecule has 2 heterocycles. The lowest BCUT2D eigenvalue weighted by Crippen LogP contribution is -2.15. The third kappa shape index (κ3) is 3.86. The molecule has 0 radical (unpaired) electrons. The summed E-state index contributed by atoms with van der Waals surface area (Å²) in [5.41, 5.74) is 10.1. The predicted octanol–water partition coefficient (Wildman–Crippen LogP) is 9.13. The highest BCUT2D eigenvalue weighted by atomic mass is 15.2. The van der Waals surface area contributed by atoms with E-state index in [1.54, 1.807) is 0 Å². The number of hydrogen-bond donors (Lipinski definition) is 0. The van der Waals surface area contributed by atoms with Crippen LogP contribution >= 0.6 is 0 Å². The predicted molar refractivity (Wildman–Crippen MR) is 170 cm³/mol. The first kappa shape index (κ1) is 24.9. The minimum atomic E-state index is -0.131. The normalized spacial score (nSPS) is 13.4. The fourth-order valence-electron chi connectivity index (χ4n) is 6.17. The van der Waals surface area contributed by atoms with Crippen molar-refractivity contribution in [2.24, 2.45) is 0 Å². The zero-order valence-electron chi connectivity index (χ0n) is 23.5. The summed E-state index contributed by atoms with van der Waals surface area (Å²) < 4.78 is 2.17. The van der Waals surface area contributed by atoms with Gasteiger partial charge in [-0.3, -0.25) is 4.57 Å². The van der Waals surface area contributed by atoms with Crippen LogP contribution in [0, 0.1) is 0 Å². The van der Waals surface area contributed by atoms with Crippen molar-refractivity contribution in [3.63, 3.8) is 0 Å². The Bertz CT molecular complexity index is 1920. The zero-order chi connectivity index (χ0) is 28.1. The highest BCUT2D eigenvalue weighted by molar-refractivity contribution is 6.00.